The van der Waals surface area contributed by atoms with E-state index in [1.165, 1.54) is 11.1 Å². The van der Waals surface area contributed by atoms with Crippen molar-refractivity contribution in [2.24, 2.45) is 5.92 Å². The van der Waals surface area contributed by atoms with E-state index in [1.807, 2.05) is 17.0 Å². The fraction of sp³-hybridized carbons (Fsp3) is 0.500. The molecule has 3 heteroatoms. The minimum atomic E-state index is 0.278. The SMILES string of the molecule is CC(C)=CCCC(=O)N1CCC(Cc2ccc(O)cc2)C1. The highest BCUT2D eigenvalue weighted by atomic mass is 16.3. The van der Waals surface area contributed by atoms with Gasteiger partial charge in [0.25, 0.3) is 0 Å². The van der Waals surface area contributed by atoms with E-state index in [0.717, 1.165) is 32.4 Å². The average molecular weight is 287 g/mol. The van der Waals surface area contributed by atoms with Crippen LogP contribution in [0.3, 0.4) is 0 Å². The van der Waals surface area contributed by atoms with Gasteiger partial charge in [0.05, 0.1) is 0 Å². The first-order valence-corrected chi connectivity index (χ1v) is 7.73. The Morgan fingerprint density at radius 3 is 2.71 bits per heavy atom. The van der Waals surface area contributed by atoms with Gasteiger partial charge >= 0.3 is 0 Å². The van der Waals surface area contributed by atoms with Gasteiger partial charge in [-0.1, -0.05) is 23.8 Å². The molecule has 1 amide bonds. The van der Waals surface area contributed by atoms with Gasteiger partial charge in [0.2, 0.25) is 5.91 Å². The molecule has 1 heterocycles. The number of hydrogen-bond acceptors (Lipinski definition) is 2. The molecule has 21 heavy (non-hydrogen) atoms. The smallest absolute Gasteiger partial charge is 0.222 e. The summed E-state index contributed by atoms with van der Waals surface area (Å²) < 4.78 is 0. The second kappa shape index (κ2) is 7.30. The number of phenols is 1. The Morgan fingerprint density at radius 2 is 2.05 bits per heavy atom. The number of benzene rings is 1. The first kappa shape index (κ1) is 15.6. The summed E-state index contributed by atoms with van der Waals surface area (Å²) >= 11 is 0. The molecule has 0 aliphatic carbocycles. The topological polar surface area (TPSA) is 40.5 Å². The summed E-state index contributed by atoms with van der Waals surface area (Å²) in [5, 5.41) is 9.30. The summed E-state index contributed by atoms with van der Waals surface area (Å²) in [6, 6.07) is 7.39. The summed E-state index contributed by atoms with van der Waals surface area (Å²) in [7, 11) is 0. The van der Waals surface area contributed by atoms with E-state index in [2.05, 4.69) is 19.9 Å². The molecular weight excluding hydrogens is 262 g/mol. The van der Waals surface area contributed by atoms with E-state index in [0.29, 0.717) is 18.1 Å². The predicted octanol–water partition coefficient (Wildman–Crippen LogP) is 3.53. The zero-order valence-corrected chi connectivity index (χ0v) is 13.0. The molecule has 1 atom stereocenters. The summed E-state index contributed by atoms with van der Waals surface area (Å²) in [6.45, 7) is 5.88. The summed E-state index contributed by atoms with van der Waals surface area (Å²) in [6.07, 6.45) is 5.66. The molecule has 1 saturated heterocycles. The molecule has 1 N–H and O–H groups in total. The van der Waals surface area contributed by atoms with Crippen LogP contribution in [-0.4, -0.2) is 29.0 Å². The molecule has 1 fully saturated rings. The van der Waals surface area contributed by atoms with Gasteiger partial charge in [-0.2, -0.15) is 0 Å². The Bertz CT molecular complexity index is 500. The number of nitrogens with zero attached hydrogens (tertiary/aromatic N) is 1. The van der Waals surface area contributed by atoms with Crippen LogP contribution in [0.4, 0.5) is 0 Å². The van der Waals surface area contributed by atoms with Gasteiger partial charge in [0.1, 0.15) is 5.75 Å². The second-order valence-electron chi connectivity index (χ2n) is 6.19. The van der Waals surface area contributed by atoms with E-state index >= 15 is 0 Å². The van der Waals surface area contributed by atoms with Crippen molar-refractivity contribution >= 4 is 5.91 Å². The molecule has 1 aromatic carbocycles. The third-order valence-corrected chi connectivity index (χ3v) is 4.01. The van der Waals surface area contributed by atoms with Gasteiger partial charge < -0.3 is 10.0 Å². The van der Waals surface area contributed by atoms with Crippen molar-refractivity contribution in [3.05, 3.63) is 41.5 Å². The normalized spacial score (nSPS) is 17.8. The Labute approximate surface area is 127 Å². The molecule has 3 nitrogen and oxygen atoms in total. The van der Waals surface area contributed by atoms with Gasteiger partial charge in [-0.15, -0.1) is 0 Å². The lowest BCUT2D eigenvalue weighted by Crippen LogP contribution is -2.28. The van der Waals surface area contributed by atoms with Crippen molar-refractivity contribution in [1.29, 1.82) is 0 Å². The minimum Gasteiger partial charge on any atom is -0.508 e. The van der Waals surface area contributed by atoms with Gasteiger partial charge in [-0.25, -0.2) is 0 Å². The van der Waals surface area contributed by atoms with Crippen LogP contribution < -0.4 is 0 Å². The van der Waals surface area contributed by atoms with E-state index in [-0.39, 0.29) is 5.91 Å². The van der Waals surface area contributed by atoms with Gasteiger partial charge in [0.15, 0.2) is 0 Å². The number of hydrogen-bond donors (Lipinski definition) is 1. The van der Waals surface area contributed by atoms with Crippen molar-refractivity contribution in [2.75, 3.05) is 13.1 Å². The van der Waals surface area contributed by atoms with Gasteiger partial charge in [-0.3, -0.25) is 4.79 Å². The van der Waals surface area contributed by atoms with Crippen molar-refractivity contribution in [2.45, 2.75) is 39.5 Å². The van der Waals surface area contributed by atoms with Crippen LogP contribution in [0.25, 0.3) is 0 Å². The number of amides is 1. The van der Waals surface area contributed by atoms with E-state index in [1.54, 1.807) is 12.1 Å². The first-order valence-electron chi connectivity index (χ1n) is 7.73. The molecule has 0 saturated carbocycles. The predicted molar refractivity (Wildman–Crippen MR) is 85.2 cm³/mol. The molecule has 0 radical (unpaired) electrons. The lowest BCUT2D eigenvalue weighted by molar-refractivity contribution is -0.130. The minimum absolute atomic E-state index is 0.278. The number of carbonyl (C=O) groups is 1. The van der Waals surface area contributed by atoms with Crippen LogP contribution in [0.2, 0.25) is 0 Å². The fourth-order valence-corrected chi connectivity index (χ4v) is 2.83. The highest BCUT2D eigenvalue weighted by Gasteiger charge is 2.25. The second-order valence-corrected chi connectivity index (χ2v) is 6.19. The van der Waals surface area contributed by atoms with E-state index in [9.17, 15) is 9.90 Å². The van der Waals surface area contributed by atoms with Crippen LogP contribution in [-0.2, 0) is 11.2 Å². The molecule has 114 valence electrons. The summed E-state index contributed by atoms with van der Waals surface area (Å²) in [4.78, 5) is 14.1. The third kappa shape index (κ3) is 4.92. The van der Waals surface area contributed by atoms with E-state index < -0.39 is 0 Å². The first-order chi connectivity index (χ1) is 10.0. The largest absolute Gasteiger partial charge is 0.508 e. The molecule has 1 unspecified atom stereocenters. The number of aromatic hydroxyl groups is 1. The lowest BCUT2D eigenvalue weighted by Gasteiger charge is -2.16. The van der Waals surface area contributed by atoms with Crippen molar-refractivity contribution in [3.63, 3.8) is 0 Å². The summed E-state index contributed by atoms with van der Waals surface area (Å²) in [5.74, 6) is 1.13. The van der Waals surface area contributed by atoms with Gasteiger partial charge in [0, 0.05) is 19.5 Å². The van der Waals surface area contributed by atoms with Crippen LogP contribution >= 0.6 is 0 Å². The number of allylic oxidation sites excluding steroid dienone is 2. The number of rotatable bonds is 5. The molecule has 0 aromatic heterocycles. The Morgan fingerprint density at radius 1 is 1.33 bits per heavy atom. The molecule has 1 aliphatic heterocycles. The van der Waals surface area contributed by atoms with Crippen molar-refractivity contribution in [3.8, 4) is 5.75 Å². The van der Waals surface area contributed by atoms with Crippen molar-refractivity contribution in [1.82, 2.24) is 4.90 Å². The maximum atomic E-state index is 12.1. The summed E-state index contributed by atoms with van der Waals surface area (Å²) in [5.41, 5.74) is 2.51. The van der Waals surface area contributed by atoms with E-state index in [4.69, 9.17) is 0 Å². The monoisotopic (exact) mass is 287 g/mol. The zero-order chi connectivity index (χ0) is 15.2. The molecule has 1 aromatic rings. The van der Waals surface area contributed by atoms with Crippen LogP contribution in [0.15, 0.2) is 35.9 Å². The molecule has 1 aliphatic rings. The standard InChI is InChI=1S/C18H25NO2/c1-14(2)4-3-5-18(21)19-11-10-16(13-19)12-15-6-8-17(20)9-7-15/h4,6-9,16,20H,3,5,10-13H2,1-2H3. The molecule has 2 rings (SSSR count). The Balaban J connectivity index is 1.79. The molecular formula is C18H25NO2. The molecule has 0 bridgehead atoms. The number of carbonyl (C=O) groups excluding carboxylic acids is 1. The quantitative estimate of drug-likeness (QED) is 0.842. The molecule has 0 spiro atoms. The Kier molecular flexibility index (Phi) is 5.43. The highest BCUT2D eigenvalue weighted by molar-refractivity contribution is 5.76. The number of phenolic OH excluding ortho intramolecular Hbond substituents is 1. The maximum Gasteiger partial charge on any atom is 0.222 e. The van der Waals surface area contributed by atoms with Crippen LogP contribution in [0, 0.1) is 5.92 Å². The van der Waals surface area contributed by atoms with Crippen LogP contribution in [0.1, 0.15) is 38.7 Å². The van der Waals surface area contributed by atoms with Gasteiger partial charge in [-0.05, 0) is 56.7 Å². The Hall–Kier alpha value is -1.77. The zero-order valence-electron chi connectivity index (χ0n) is 13.0. The van der Waals surface area contributed by atoms with Crippen molar-refractivity contribution < 1.29 is 9.90 Å². The number of likely N-dealkylation sites (tertiary alicyclic amines) is 1. The lowest BCUT2D eigenvalue weighted by atomic mass is 9.99. The van der Waals surface area contributed by atoms with Crippen LogP contribution in [0.5, 0.6) is 5.75 Å². The average Bonchev–Trinajstić information content (AvgIpc) is 2.89. The highest BCUT2D eigenvalue weighted by Crippen LogP contribution is 2.22. The fourth-order valence-electron chi connectivity index (χ4n) is 2.83. The third-order valence-electron chi connectivity index (χ3n) is 4.01. The maximum absolute atomic E-state index is 12.1.